The van der Waals surface area contributed by atoms with E-state index in [1.165, 1.54) is 31.2 Å². The third kappa shape index (κ3) is 3.92. The van der Waals surface area contributed by atoms with Gasteiger partial charge in [0.25, 0.3) is 0 Å². The van der Waals surface area contributed by atoms with Crippen LogP contribution in [0, 0.1) is 5.92 Å². The number of rotatable bonds is 6. The first-order valence-electron chi connectivity index (χ1n) is 5.83. The van der Waals surface area contributed by atoms with Crippen LogP contribution in [0.15, 0.2) is 24.3 Å². The fourth-order valence-corrected chi connectivity index (χ4v) is 1.77. The molecule has 1 aromatic rings. The van der Waals surface area contributed by atoms with Gasteiger partial charge in [0.15, 0.2) is 0 Å². The molecule has 0 amide bonds. The lowest BCUT2D eigenvalue weighted by atomic mass is 10.2. The van der Waals surface area contributed by atoms with Crippen molar-refractivity contribution >= 4 is 0 Å². The summed E-state index contributed by atoms with van der Waals surface area (Å²) in [4.78, 5) is 0. The highest BCUT2D eigenvalue weighted by Gasteiger charge is 2.19. The highest BCUT2D eigenvalue weighted by atomic mass is 16.3. The summed E-state index contributed by atoms with van der Waals surface area (Å²) in [6, 6.07) is 7.40. The number of phenolic OH excluding ortho intramolecular Hbond substituents is 1. The molecule has 0 atom stereocenters. The minimum absolute atomic E-state index is 0.340. The van der Waals surface area contributed by atoms with Gasteiger partial charge in [0, 0.05) is 6.54 Å². The van der Waals surface area contributed by atoms with E-state index in [2.05, 4.69) is 5.32 Å². The number of aromatic hydroxyl groups is 1. The van der Waals surface area contributed by atoms with Crippen molar-refractivity contribution in [2.45, 2.75) is 32.2 Å². The number of benzene rings is 1. The summed E-state index contributed by atoms with van der Waals surface area (Å²) in [5.74, 6) is 1.38. The zero-order chi connectivity index (χ0) is 10.5. The molecule has 1 fully saturated rings. The average Bonchev–Trinajstić information content (AvgIpc) is 3.04. The van der Waals surface area contributed by atoms with Crippen molar-refractivity contribution in [3.63, 3.8) is 0 Å². The molecular formula is C13H19NO. The topological polar surface area (TPSA) is 32.3 Å². The molecule has 2 rings (SSSR count). The first-order chi connectivity index (χ1) is 7.34. The van der Waals surface area contributed by atoms with Crippen LogP contribution < -0.4 is 5.32 Å². The van der Waals surface area contributed by atoms with E-state index in [1.807, 2.05) is 12.1 Å². The second-order valence-corrected chi connectivity index (χ2v) is 4.43. The maximum Gasteiger partial charge on any atom is 0.115 e. The van der Waals surface area contributed by atoms with E-state index in [4.69, 9.17) is 5.11 Å². The Morgan fingerprint density at radius 1 is 1.20 bits per heavy atom. The first-order valence-corrected chi connectivity index (χ1v) is 5.83. The van der Waals surface area contributed by atoms with Gasteiger partial charge in [-0.1, -0.05) is 25.0 Å². The van der Waals surface area contributed by atoms with Crippen LogP contribution in [0.25, 0.3) is 0 Å². The summed E-state index contributed by atoms with van der Waals surface area (Å²) in [5.41, 5.74) is 1.24. The molecule has 0 spiro atoms. The maximum absolute atomic E-state index is 9.11. The minimum Gasteiger partial charge on any atom is -0.508 e. The zero-order valence-corrected chi connectivity index (χ0v) is 9.08. The van der Waals surface area contributed by atoms with Crippen molar-refractivity contribution < 1.29 is 5.11 Å². The van der Waals surface area contributed by atoms with Gasteiger partial charge < -0.3 is 10.4 Å². The quantitative estimate of drug-likeness (QED) is 0.700. The molecule has 1 aromatic carbocycles. The normalized spacial score (nSPS) is 15.5. The molecule has 0 unspecified atom stereocenters. The minimum atomic E-state index is 0.340. The Hall–Kier alpha value is -1.02. The van der Waals surface area contributed by atoms with E-state index < -0.39 is 0 Å². The molecule has 2 heteroatoms. The zero-order valence-electron chi connectivity index (χ0n) is 9.08. The Labute approximate surface area is 91.3 Å². The van der Waals surface area contributed by atoms with Gasteiger partial charge in [0.2, 0.25) is 0 Å². The predicted molar refractivity (Wildman–Crippen MR) is 61.8 cm³/mol. The molecule has 0 radical (unpaired) electrons. The first kappa shape index (κ1) is 10.5. The van der Waals surface area contributed by atoms with Crippen LogP contribution in [0.1, 0.15) is 31.2 Å². The van der Waals surface area contributed by atoms with Gasteiger partial charge in [-0.2, -0.15) is 0 Å². The average molecular weight is 205 g/mol. The molecule has 0 aliphatic heterocycles. The molecule has 0 heterocycles. The number of hydrogen-bond acceptors (Lipinski definition) is 2. The van der Waals surface area contributed by atoms with Crippen molar-refractivity contribution in [3.8, 4) is 5.75 Å². The van der Waals surface area contributed by atoms with Crippen molar-refractivity contribution in [2.75, 3.05) is 6.54 Å². The van der Waals surface area contributed by atoms with Gasteiger partial charge >= 0.3 is 0 Å². The molecule has 2 nitrogen and oxygen atoms in total. The van der Waals surface area contributed by atoms with Gasteiger partial charge in [0.1, 0.15) is 5.75 Å². The second kappa shape index (κ2) is 5.17. The third-order valence-corrected chi connectivity index (χ3v) is 2.93. The summed E-state index contributed by atoms with van der Waals surface area (Å²) >= 11 is 0. The monoisotopic (exact) mass is 205 g/mol. The lowest BCUT2D eigenvalue weighted by Crippen LogP contribution is -2.14. The SMILES string of the molecule is Oc1ccc(CNCCCC2CC2)cc1. The molecule has 1 aliphatic rings. The number of nitrogens with one attached hydrogen (secondary N) is 1. The third-order valence-electron chi connectivity index (χ3n) is 2.93. The van der Waals surface area contributed by atoms with Gasteiger partial charge in [-0.3, -0.25) is 0 Å². The van der Waals surface area contributed by atoms with Crippen LogP contribution in [-0.4, -0.2) is 11.7 Å². The van der Waals surface area contributed by atoms with Gasteiger partial charge in [0.05, 0.1) is 0 Å². The highest BCUT2D eigenvalue weighted by molar-refractivity contribution is 5.25. The Morgan fingerprint density at radius 2 is 1.93 bits per heavy atom. The highest BCUT2D eigenvalue weighted by Crippen LogP contribution is 2.33. The van der Waals surface area contributed by atoms with E-state index in [0.717, 1.165) is 19.0 Å². The summed E-state index contributed by atoms with van der Waals surface area (Å²) in [6.45, 7) is 2.02. The van der Waals surface area contributed by atoms with Crippen molar-refractivity contribution in [1.29, 1.82) is 0 Å². The largest absolute Gasteiger partial charge is 0.508 e. The second-order valence-electron chi connectivity index (χ2n) is 4.43. The van der Waals surface area contributed by atoms with E-state index in [1.54, 1.807) is 12.1 Å². The molecule has 0 bridgehead atoms. The molecule has 15 heavy (non-hydrogen) atoms. The van der Waals surface area contributed by atoms with Crippen molar-refractivity contribution in [3.05, 3.63) is 29.8 Å². The fraction of sp³-hybridized carbons (Fsp3) is 0.538. The van der Waals surface area contributed by atoms with Gasteiger partial charge in [-0.15, -0.1) is 0 Å². The van der Waals surface area contributed by atoms with Gasteiger partial charge in [-0.25, -0.2) is 0 Å². The smallest absolute Gasteiger partial charge is 0.115 e. The van der Waals surface area contributed by atoms with Crippen LogP contribution in [0.5, 0.6) is 5.75 Å². The van der Waals surface area contributed by atoms with E-state index >= 15 is 0 Å². The Bertz CT molecular complexity index is 290. The standard InChI is InChI=1S/C13H19NO/c15-13-7-5-12(6-8-13)10-14-9-1-2-11-3-4-11/h5-8,11,14-15H,1-4,9-10H2. The molecule has 1 saturated carbocycles. The van der Waals surface area contributed by atoms with E-state index in [-0.39, 0.29) is 0 Å². The van der Waals surface area contributed by atoms with Crippen LogP contribution in [0.4, 0.5) is 0 Å². The van der Waals surface area contributed by atoms with Crippen LogP contribution in [0.2, 0.25) is 0 Å². The molecule has 0 saturated heterocycles. The number of phenols is 1. The predicted octanol–water partition coefficient (Wildman–Crippen LogP) is 2.67. The van der Waals surface area contributed by atoms with E-state index in [0.29, 0.717) is 5.75 Å². The summed E-state index contributed by atoms with van der Waals surface area (Å²) in [5, 5.41) is 12.5. The lowest BCUT2D eigenvalue weighted by Gasteiger charge is -2.04. The Morgan fingerprint density at radius 3 is 2.60 bits per heavy atom. The molecular weight excluding hydrogens is 186 g/mol. The maximum atomic E-state index is 9.11. The van der Waals surface area contributed by atoms with Crippen LogP contribution in [0.3, 0.4) is 0 Å². The molecule has 0 aromatic heterocycles. The lowest BCUT2D eigenvalue weighted by molar-refractivity contribution is 0.475. The van der Waals surface area contributed by atoms with Gasteiger partial charge in [-0.05, 0) is 43.0 Å². The number of hydrogen-bond donors (Lipinski definition) is 2. The summed E-state index contributed by atoms with van der Waals surface area (Å²) in [7, 11) is 0. The van der Waals surface area contributed by atoms with Crippen molar-refractivity contribution in [2.24, 2.45) is 5.92 Å². The fourth-order valence-electron chi connectivity index (χ4n) is 1.77. The molecule has 2 N–H and O–H groups in total. The molecule has 82 valence electrons. The molecule has 1 aliphatic carbocycles. The van der Waals surface area contributed by atoms with Crippen molar-refractivity contribution in [1.82, 2.24) is 5.32 Å². The van der Waals surface area contributed by atoms with E-state index in [9.17, 15) is 0 Å². The summed E-state index contributed by atoms with van der Waals surface area (Å²) < 4.78 is 0. The Kier molecular flexibility index (Phi) is 3.62. The van der Waals surface area contributed by atoms with Crippen LogP contribution >= 0.6 is 0 Å². The summed E-state index contributed by atoms with van der Waals surface area (Å²) in [6.07, 6.45) is 5.60. The Balaban J connectivity index is 1.58. The van der Waals surface area contributed by atoms with Crippen LogP contribution in [-0.2, 0) is 6.54 Å².